The van der Waals surface area contributed by atoms with Gasteiger partial charge in [0.25, 0.3) is 16.4 Å². The van der Waals surface area contributed by atoms with E-state index in [4.69, 9.17) is 21.4 Å². The molecule has 1 N–H and O–H groups in total. The second kappa shape index (κ2) is 8.44. The third-order valence-electron chi connectivity index (χ3n) is 3.75. The first-order chi connectivity index (χ1) is 13.4. The molecule has 0 saturated carbocycles. The number of ether oxygens (including phenoxy) is 1. The molecule has 10 heteroatoms. The van der Waals surface area contributed by atoms with E-state index in [1.165, 1.54) is 16.8 Å². The van der Waals surface area contributed by atoms with E-state index in [1.54, 1.807) is 25.1 Å². The topological polar surface area (TPSA) is 112 Å². The van der Waals surface area contributed by atoms with Gasteiger partial charge in [-0.3, -0.25) is 14.9 Å². The van der Waals surface area contributed by atoms with Crippen molar-refractivity contribution in [3.63, 3.8) is 0 Å². The summed E-state index contributed by atoms with van der Waals surface area (Å²) in [4.78, 5) is 22.7. The Labute approximate surface area is 164 Å². The van der Waals surface area contributed by atoms with Gasteiger partial charge in [0, 0.05) is 12.1 Å². The molecule has 0 atom stereocenters. The number of nitrogens with one attached hydrogen (secondary N) is 1. The van der Waals surface area contributed by atoms with Crippen molar-refractivity contribution < 1.29 is 18.9 Å². The molecule has 3 rings (SSSR count). The van der Waals surface area contributed by atoms with Gasteiger partial charge in [-0.2, -0.15) is 0 Å². The number of para-hydroxylation sites is 1. The van der Waals surface area contributed by atoms with Crippen LogP contribution in [0.25, 0.3) is 0 Å². The van der Waals surface area contributed by atoms with Crippen LogP contribution in [0, 0.1) is 21.9 Å². The molecule has 3 aromatic rings. The summed E-state index contributed by atoms with van der Waals surface area (Å²) in [7, 11) is 0. The summed E-state index contributed by atoms with van der Waals surface area (Å²) >= 11 is 5.08. The van der Waals surface area contributed by atoms with Gasteiger partial charge in [0.2, 0.25) is 5.91 Å². The van der Waals surface area contributed by atoms with E-state index >= 15 is 0 Å². The summed E-state index contributed by atoms with van der Waals surface area (Å²) in [6.07, 6.45) is 0. The molecule has 0 spiro atoms. The Morgan fingerprint density at radius 3 is 2.79 bits per heavy atom. The van der Waals surface area contributed by atoms with Crippen molar-refractivity contribution in [2.45, 2.75) is 20.1 Å². The molecule has 9 nitrogen and oxygen atoms in total. The Hall–Kier alpha value is -3.53. The number of nitro benzene ring substituents is 1. The number of non-ortho nitro benzene ring substituents is 1. The first-order valence-electron chi connectivity index (χ1n) is 8.22. The van der Waals surface area contributed by atoms with E-state index < -0.39 is 10.8 Å². The average molecular weight is 400 g/mol. The van der Waals surface area contributed by atoms with Crippen molar-refractivity contribution in [3.8, 4) is 5.75 Å². The van der Waals surface area contributed by atoms with Crippen molar-refractivity contribution in [1.29, 1.82) is 0 Å². The molecule has 0 aliphatic heterocycles. The average Bonchev–Trinajstić information content (AvgIpc) is 3.02. The van der Waals surface area contributed by atoms with Crippen LogP contribution >= 0.6 is 12.2 Å². The number of nitro groups is 1. The van der Waals surface area contributed by atoms with Crippen LogP contribution in [0.5, 0.6) is 5.75 Å². The summed E-state index contributed by atoms with van der Waals surface area (Å²) in [5, 5.41) is 17.6. The number of carbonyl (C=O) groups excluding carboxylic acids is 1. The van der Waals surface area contributed by atoms with Crippen molar-refractivity contribution in [2.24, 2.45) is 0 Å². The zero-order valence-corrected chi connectivity index (χ0v) is 15.6. The maximum Gasteiger partial charge on any atom is 0.287 e. The summed E-state index contributed by atoms with van der Waals surface area (Å²) in [6, 6.07) is 13.4. The van der Waals surface area contributed by atoms with Crippen LogP contribution in [0.3, 0.4) is 0 Å². The minimum Gasteiger partial charge on any atom is -0.484 e. The van der Waals surface area contributed by atoms with E-state index in [0.29, 0.717) is 17.0 Å². The molecule has 0 radical (unpaired) electrons. The van der Waals surface area contributed by atoms with Gasteiger partial charge in [0.1, 0.15) is 12.3 Å². The smallest absolute Gasteiger partial charge is 0.287 e. The number of nitrogens with zero attached hydrogens (tertiary/aromatic N) is 3. The molecule has 144 valence electrons. The largest absolute Gasteiger partial charge is 0.484 e. The highest BCUT2D eigenvalue weighted by Crippen LogP contribution is 2.21. The predicted octanol–water partition coefficient (Wildman–Crippen LogP) is 3.64. The van der Waals surface area contributed by atoms with Gasteiger partial charge >= 0.3 is 0 Å². The summed E-state index contributed by atoms with van der Waals surface area (Å²) in [5.74, 6) is 0.439. The minimum absolute atomic E-state index is 0.0255. The normalized spacial score (nSPS) is 10.5. The molecule has 0 unspecified atom stereocenters. The first kappa shape index (κ1) is 19.2. The van der Waals surface area contributed by atoms with Crippen LogP contribution in [0.1, 0.15) is 11.5 Å². The van der Waals surface area contributed by atoms with Gasteiger partial charge in [0.15, 0.2) is 6.61 Å². The Bertz CT molecular complexity index is 1060. The summed E-state index contributed by atoms with van der Waals surface area (Å²) in [6.45, 7) is 1.60. The third-order valence-corrected chi connectivity index (χ3v) is 4.05. The number of rotatable bonds is 7. The van der Waals surface area contributed by atoms with Crippen molar-refractivity contribution >= 4 is 29.5 Å². The zero-order valence-electron chi connectivity index (χ0n) is 14.8. The molecule has 0 saturated heterocycles. The third kappa shape index (κ3) is 4.80. The highest BCUT2D eigenvalue weighted by molar-refractivity contribution is 7.71. The van der Waals surface area contributed by atoms with Gasteiger partial charge < -0.3 is 14.5 Å². The number of hydrogen-bond acceptors (Lipinski definition) is 7. The van der Waals surface area contributed by atoms with E-state index in [-0.39, 0.29) is 29.6 Å². The lowest BCUT2D eigenvalue weighted by Gasteiger charge is -2.08. The number of amides is 1. The van der Waals surface area contributed by atoms with Gasteiger partial charge in [-0.25, -0.2) is 4.68 Å². The number of anilines is 1. The van der Waals surface area contributed by atoms with E-state index in [2.05, 4.69) is 10.4 Å². The second-order valence-corrected chi connectivity index (χ2v) is 6.17. The maximum absolute atomic E-state index is 12.3. The maximum atomic E-state index is 12.3. The molecule has 1 heterocycles. The molecule has 2 aromatic carbocycles. The highest BCUT2D eigenvalue weighted by atomic mass is 32.1. The minimum atomic E-state index is -0.526. The van der Waals surface area contributed by atoms with Gasteiger partial charge in [0.05, 0.1) is 10.6 Å². The molecule has 0 fully saturated rings. The zero-order chi connectivity index (χ0) is 20.1. The van der Waals surface area contributed by atoms with Gasteiger partial charge in [-0.15, -0.1) is 5.10 Å². The molecule has 0 bridgehead atoms. The second-order valence-electron chi connectivity index (χ2n) is 5.83. The Morgan fingerprint density at radius 2 is 2.07 bits per heavy atom. The Balaban J connectivity index is 1.65. The van der Waals surface area contributed by atoms with Crippen LogP contribution in [-0.2, 0) is 17.9 Å². The van der Waals surface area contributed by atoms with Gasteiger partial charge in [-0.1, -0.05) is 24.3 Å². The quantitative estimate of drug-likeness (QED) is 0.366. The number of benzene rings is 2. The van der Waals surface area contributed by atoms with E-state index in [9.17, 15) is 14.9 Å². The van der Waals surface area contributed by atoms with Crippen LogP contribution in [0.15, 0.2) is 52.9 Å². The predicted molar refractivity (Wildman–Crippen MR) is 103 cm³/mol. The number of aromatic nitrogens is 2. The fourth-order valence-electron chi connectivity index (χ4n) is 2.35. The summed E-state index contributed by atoms with van der Waals surface area (Å²) in [5.41, 5.74) is 0.931. The molecule has 1 aromatic heterocycles. The molecule has 0 aliphatic carbocycles. The Morgan fingerprint density at radius 1 is 1.32 bits per heavy atom. The first-order valence-corrected chi connectivity index (χ1v) is 8.63. The molecule has 1 amide bonds. The lowest BCUT2D eigenvalue weighted by atomic mass is 10.2. The number of carbonyl (C=O) groups is 1. The number of hydrogen-bond donors (Lipinski definition) is 1. The number of aryl methyl sites for hydroxylation is 1. The van der Waals surface area contributed by atoms with E-state index in [0.717, 1.165) is 0 Å². The fourth-order valence-corrected chi connectivity index (χ4v) is 2.55. The van der Waals surface area contributed by atoms with Crippen molar-refractivity contribution in [1.82, 2.24) is 9.78 Å². The van der Waals surface area contributed by atoms with Crippen LogP contribution in [-0.4, -0.2) is 20.6 Å². The monoisotopic (exact) mass is 400 g/mol. The summed E-state index contributed by atoms with van der Waals surface area (Å²) < 4.78 is 12.1. The van der Waals surface area contributed by atoms with Crippen LogP contribution in [0.4, 0.5) is 11.4 Å². The van der Waals surface area contributed by atoms with Crippen LogP contribution in [0.2, 0.25) is 0 Å². The van der Waals surface area contributed by atoms with Crippen LogP contribution < -0.4 is 10.1 Å². The van der Waals surface area contributed by atoms with Crippen molar-refractivity contribution in [2.75, 3.05) is 5.32 Å². The molecular weight excluding hydrogens is 384 g/mol. The molecule has 0 aliphatic rings. The SMILES string of the molecule is Cc1ccc([N+](=O)[O-])cc1NC(=O)Cn1nc(COc2ccccc2)oc1=S. The standard InChI is InChI=1S/C18H16N4O5S/c1-12-7-8-13(22(24)25)9-15(12)19-16(23)10-21-18(28)27-17(20-21)11-26-14-5-3-2-4-6-14/h2-9H,10-11H2,1H3,(H,19,23). The van der Waals surface area contributed by atoms with Crippen molar-refractivity contribution in [3.05, 3.63) is 74.9 Å². The van der Waals surface area contributed by atoms with Gasteiger partial charge in [-0.05, 0) is 36.8 Å². The lowest BCUT2D eigenvalue weighted by Crippen LogP contribution is -2.20. The fraction of sp³-hybridized carbons (Fsp3) is 0.167. The molecular formula is C18H16N4O5S. The molecule has 28 heavy (non-hydrogen) atoms. The lowest BCUT2D eigenvalue weighted by molar-refractivity contribution is -0.384. The Kier molecular flexibility index (Phi) is 5.80. The van der Waals surface area contributed by atoms with E-state index in [1.807, 2.05) is 18.2 Å². The highest BCUT2D eigenvalue weighted by Gasteiger charge is 2.14.